The monoisotopic (exact) mass is 273 g/mol. The van der Waals surface area contributed by atoms with E-state index in [1.165, 1.54) is 6.07 Å². The molecule has 0 spiro atoms. The largest absolute Gasteiger partial charge is 0.483 e. The highest BCUT2D eigenvalue weighted by molar-refractivity contribution is 6.32. The molecule has 3 nitrogen and oxygen atoms in total. The molecule has 1 aliphatic carbocycles. The summed E-state index contributed by atoms with van der Waals surface area (Å²) in [5.74, 6) is -0.377. The first kappa shape index (κ1) is 13.6. The van der Waals surface area contributed by atoms with Gasteiger partial charge in [-0.2, -0.15) is 0 Å². The Morgan fingerprint density at radius 2 is 2.28 bits per heavy atom. The van der Waals surface area contributed by atoms with Crippen LogP contribution >= 0.6 is 11.6 Å². The van der Waals surface area contributed by atoms with Crippen LogP contribution in [0.4, 0.5) is 4.39 Å². The van der Waals surface area contributed by atoms with Crippen molar-refractivity contribution in [3.05, 3.63) is 29.0 Å². The third kappa shape index (κ3) is 2.76. The maximum atomic E-state index is 13.6. The molecule has 1 aliphatic rings. The molecular weight excluding hydrogens is 257 g/mol. The van der Waals surface area contributed by atoms with Gasteiger partial charge in [0.15, 0.2) is 11.6 Å². The minimum absolute atomic E-state index is 0.0490. The Hall–Kier alpha value is -0.840. The second-order valence-electron chi connectivity index (χ2n) is 4.44. The number of halogens is 2. The van der Waals surface area contributed by atoms with Gasteiger partial charge in [0.25, 0.3) is 0 Å². The predicted octanol–water partition coefficient (Wildman–Crippen LogP) is 2.75. The topological polar surface area (TPSA) is 44.5 Å². The SMILES string of the molecule is CCCOC1C(N)CC1Oc1c(F)cccc1Cl. The van der Waals surface area contributed by atoms with E-state index < -0.39 is 5.82 Å². The smallest absolute Gasteiger partial charge is 0.174 e. The van der Waals surface area contributed by atoms with Crippen molar-refractivity contribution in [3.8, 4) is 5.75 Å². The molecule has 0 amide bonds. The third-order valence-electron chi connectivity index (χ3n) is 3.00. The lowest BCUT2D eigenvalue weighted by atomic mass is 9.86. The van der Waals surface area contributed by atoms with Gasteiger partial charge in [0.1, 0.15) is 12.2 Å². The zero-order chi connectivity index (χ0) is 13.1. The highest BCUT2D eigenvalue weighted by atomic mass is 35.5. The fraction of sp³-hybridized carbons (Fsp3) is 0.538. The van der Waals surface area contributed by atoms with Crippen LogP contribution in [-0.2, 0) is 4.74 Å². The summed E-state index contributed by atoms with van der Waals surface area (Å²) in [6.45, 7) is 2.65. The number of benzene rings is 1. The number of nitrogens with two attached hydrogens (primary N) is 1. The molecule has 2 rings (SSSR count). The molecule has 0 aliphatic heterocycles. The lowest BCUT2D eigenvalue weighted by Gasteiger charge is -2.41. The van der Waals surface area contributed by atoms with Crippen molar-refractivity contribution in [2.75, 3.05) is 6.61 Å². The molecule has 18 heavy (non-hydrogen) atoms. The number of ether oxygens (including phenoxy) is 2. The zero-order valence-corrected chi connectivity index (χ0v) is 11.0. The number of hydrogen-bond acceptors (Lipinski definition) is 3. The molecule has 1 fully saturated rings. The Kier molecular flexibility index (Phi) is 4.43. The molecule has 1 aromatic carbocycles. The molecule has 0 radical (unpaired) electrons. The van der Waals surface area contributed by atoms with Crippen LogP contribution in [0.3, 0.4) is 0 Å². The van der Waals surface area contributed by atoms with Gasteiger partial charge in [-0.15, -0.1) is 0 Å². The molecule has 2 N–H and O–H groups in total. The van der Waals surface area contributed by atoms with Gasteiger partial charge in [-0.05, 0) is 18.6 Å². The van der Waals surface area contributed by atoms with Crippen LogP contribution in [0.1, 0.15) is 19.8 Å². The maximum absolute atomic E-state index is 13.6. The highest BCUT2D eigenvalue weighted by Gasteiger charge is 2.42. The molecule has 3 unspecified atom stereocenters. The summed E-state index contributed by atoms with van der Waals surface area (Å²) >= 11 is 5.91. The Labute approximate surface area is 111 Å². The van der Waals surface area contributed by atoms with E-state index in [9.17, 15) is 4.39 Å². The first-order valence-corrected chi connectivity index (χ1v) is 6.49. The van der Waals surface area contributed by atoms with Crippen LogP contribution in [0, 0.1) is 5.82 Å². The number of hydrogen-bond donors (Lipinski definition) is 1. The van der Waals surface area contributed by atoms with E-state index in [1.807, 2.05) is 6.92 Å². The first-order valence-electron chi connectivity index (χ1n) is 6.11. The average molecular weight is 274 g/mol. The zero-order valence-electron chi connectivity index (χ0n) is 10.2. The Balaban J connectivity index is 2.01. The Bertz CT molecular complexity index is 396. The molecule has 3 atom stereocenters. The van der Waals surface area contributed by atoms with Gasteiger partial charge in [0, 0.05) is 19.1 Å². The van der Waals surface area contributed by atoms with Crippen molar-refractivity contribution in [1.82, 2.24) is 0 Å². The normalized spacial score (nSPS) is 26.8. The summed E-state index contributed by atoms with van der Waals surface area (Å²) < 4.78 is 24.7. The van der Waals surface area contributed by atoms with Gasteiger partial charge in [-0.1, -0.05) is 24.6 Å². The van der Waals surface area contributed by atoms with Crippen LogP contribution in [0.25, 0.3) is 0 Å². The molecule has 0 bridgehead atoms. The first-order chi connectivity index (χ1) is 8.63. The summed E-state index contributed by atoms with van der Waals surface area (Å²) in [5, 5.41) is 0.268. The van der Waals surface area contributed by atoms with Crippen molar-refractivity contribution in [3.63, 3.8) is 0 Å². The quantitative estimate of drug-likeness (QED) is 0.897. The van der Waals surface area contributed by atoms with E-state index in [4.69, 9.17) is 26.8 Å². The van der Waals surface area contributed by atoms with E-state index >= 15 is 0 Å². The van der Waals surface area contributed by atoms with Gasteiger partial charge < -0.3 is 15.2 Å². The molecule has 0 saturated heterocycles. The fourth-order valence-corrected chi connectivity index (χ4v) is 2.17. The standard InChI is InChI=1S/C13H17ClFNO2/c1-2-6-17-13-10(16)7-11(13)18-12-8(14)4-3-5-9(12)15/h3-5,10-11,13H,2,6-7,16H2,1H3. The van der Waals surface area contributed by atoms with Crippen LogP contribution < -0.4 is 10.5 Å². The maximum Gasteiger partial charge on any atom is 0.174 e. The molecule has 0 aromatic heterocycles. The van der Waals surface area contributed by atoms with E-state index in [0.29, 0.717) is 13.0 Å². The minimum atomic E-state index is -0.461. The minimum Gasteiger partial charge on any atom is -0.483 e. The molecule has 1 aromatic rings. The lowest BCUT2D eigenvalue weighted by Crippen LogP contribution is -2.59. The van der Waals surface area contributed by atoms with Gasteiger partial charge in [0.05, 0.1) is 5.02 Å². The lowest BCUT2D eigenvalue weighted by molar-refractivity contribution is -0.0989. The van der Waals surface area contributed by atoms with Gasteiger partial charge in [0.2, 0.25) is 0 Å². The summed E-state index contributed by atoms with van der Waals surface area (Å²) in [5.41, 5.74) is 5.85. The van der Waals surface area contributed by atoms with E-state index in [1.54, 1.807) is 12.1 Å². The molecule has 5 heteroatoms. The van der Waals surface area contributed by atoms with Crippen LogP contribution in [0.2, 0.25) is 5.02 Å². The van der Waals surface area contributed by atoms with Gasteiger partial charge in [-0.3, -0.25) is 0 Å². The molecule has 1 saturated carbocycles. The van der Waals surface area contributed by atoms with Gasteiger partial charge >= 0.3 is 0 Å². The summed E-state index contributed by atoms with van der Waals surface area (Å²) in [7, 11) is 0. The third-order valence-corrected chi connectivity index (χ3v) is 3.29. The van der Waals surface area contributed by atoms with Gasteiger partial charge in [-0.25, -0.2) is 4.39 Å². The number of para-hydroxylation sites is 1. The fourth-order valence-electron chi connectivity index (χ4n) is 1.96. The molecular formula is C13H17ClFNO2. The summed E-state index contributed by atoms with van der Waals surface area (Å²) in [4.78, 5) is 0. The van der Waals surface area contributed by atoms with Crippen LogP contribution in [0.5, 0.6) is 5.75 Å². The van der Waals surface area contributed by atoms with E-state index in [2.05, 4.69) is 0 Å². The van der Waals surface area contributed by atoms with Crippen molar-refractivity contribution in [1.29, 1.82) is 0 Å². The van der Waals surface area contributed by atoms with Crippen molar-refractivity contribution in [2.45, 2.75) is 38.0 Å². The second kappa shape index (κ2) is 5.87. The summed E-state index contributed by atoms with van der Waals surface area (Å²) in [6, 6.07) is 4.41. The van der Waals surface area contributed by atoms with Crippen molar-refractivity contribution < 1.29 is 13.9 Å². The highest BCUT2D eigenvalue weighted by Crippen LogP contribution is 2.33. The van der Waals surface area contributed by atoms with E-state index in [-0.39, 0.29) is 29.0 Å². The molecule has 0 heterocycles. The van der Waals surface area contributed by atoms with Crippen molar-refractivity contribution in [2.24, 2.45) is 5.73 Å². The average Bonchev–Trinajstić information content (AvgIpc) is 2.33. The number of rotatable bonds is 5. The van der Waals surface area contributed by atoms with Crippen molar-refractivity contribution >= 4 is 11.6 Å². The Morgan fingerprint density at radius 1 is 1.50 bits per heavy atom. The summed E-state index contributed by atoms with van der Waals surface area (Å²) in [6.07, 6.45) is 1.16. The van der Waals surface area contributed by atoms with Crippen LogP contribution in [-0.4, -0.2) is 24.9 Å². The van der Waals surface area contributed by atoms with Crippen LogP contribution in [0.15, 0.2) is 18.2 Å². The molecule has 100 valence electrons. The Morgan fingerprint density at radius 3 is 2.89 bits per heavy atom. The predicted molar refractivity (Wildman–Crippen MR) is 68.4 cm³/mol. The van der Waals surface area contributed by atoms with E-state index in [0.717, 1.165) is 6.42 Å². The second-order valence-corrected chi connectivity index (χ2v) is 4.85.